The molecule has 7 heteroatoms. The van der Waals surface area contributed by atoms with Gasteiger partial charge in [-0.05, 0) is 37.8 Å². The molecule has 7 nitrogen and oxygen atoms in total. The summed E-state index contributed by atoms with van der Waals surface area (Å²) in [5, 5.41) is 17.1. The number of carboxylic acid groups (broad SMARTS) is 2. The van der Waals surface area contributed by atoms with E-state index in [4.69, 9.17) is 19.7 Å². The summed E-state index contributed by atoms with van der Waals surface area (Å²) in [6, 6.07) is 4.82. The zero-order chi connectivity index (χ0) is 17.8. The van der Waals surface area contributed by atoms with Crippen molar-refractivity contribution in [1.82, 2.24) is 0 Å². The second-order valence-corrected chi connectivity index (χ2v) is 5.25. The number of rotatable bonds is 13. The lowest BCUT2D eigenvalue weighted by atomic mass is 10.2. The van der Waals surface area contributed by atoms with Crippen LogP contribution in [0.4, 0.5) is 0 Å². The van der Waals surface area contributed by atoms with Gasteiger partial charge < -0.3 is 19.7 Å². The maximum atomic E-state index is 11.0. The Morgan fingerprint density at radius 3 is 1.67 bits per heavy atom. The van der Waals surface area contributed by atoms with Gasteiger partial charge in [0.25, 0.3) is 0 Å². The molecule has 0 aliphatic carbocycles. The predicted molar refractivity (Wildman–Crippen MR) is 85.8 cm³/mol. The number of ether oxygens (including phenoxy) is 2. The SMILES string of the molecule is O=Cc1cc(OCCCCC(=O)O)cc(OCCCCC(=O)O)c1. The van der Waals surface area contributed by atoms with Gasteiger partial charge in [0.1, 0.15) is 17.8 Å². The largest absolute Gasteiger partial charge is 0.493 e. The highest BCUT2D eigenvalue weighted by Gasteiger charge is 2.04. The Morgan fingerprint density at radius 1 is 0.833 bits per heavy atom. The number of carbonyl (C=O) groups is 3. The molecule has 1 aromatic carbocycles. The minimum absolute atomic E-state index is 0.0996. The Labute approximate surface area is 140 Å². The Balaban J connectivity index is 2.43. The van der Waals surface area contributed by atoms with Gasteiger partial charge in [0.05, 0.1) is 13.2 Å². The third-order valence-electron chi connectivity index (χ3n) is 3.15. The lowest BCUT2D eigenvalue weighted by Gasteiger charge is -2.10. The van der Waals surface area contributed by atoms with Crippen molar-refractivity contribution in [3.05, 3.63) is 23.8 Å². The number of hydrogen-bond donors (Lipinski definition) is 2. The predicted octanol–water partition coefficient (Wildman–Crippen LogP) is 2.77. The Hall–Kier alpha value is -2.57. The molecule has 0 saturated heterocycles. The first kappa shape index (κ1) is 19.5. The lowest BCUT2D eigenvalue weighted by Crippen LogP contribution is -2.03. The highest BCUT2D eigenvalue weighted by atomic mass is 16.5. The number of hydrogen-bond acceptors (Lipinski definition) is 5. The number of aldehydes is 1. The van der Waals surface area contributed by atoms with Crippen molar-refractivity contribution in [3.8, 4) is 11.5 Å². The minimum atomic E-state index is -0.837. The number of carboxylic acids is 2. The quantitative estimate of drug-likeness (QED) is 0.420. The summed E-state index contributed by atoms with van der Waals surface area (Å²) in [7, 11) is 0. The van der Waals surface area contributed by atoms with Crippen molar-refractivity contribution in [1.29, 1.82) is 0 Å². The molecule has 0 unspecified atom stereocenters. The van der Waals surface area contributed by atoms with Gasteiger partial charge in [-0.3, -0.25) is 14.4 Å². The van der Waals surface area contributed by atoms with Crippen molar-refractivity contribution < 1.29 is 34.1 Å². The van der Waals surface area contributed by atoms with E-state index in [2.05, 4.69) is 0 Å². The van der Waals surface area contributed by atoms with E-state index in [0.717, 1.165) is 0 Å². The monoisotopic (exact) mass is 338 g/mol. The fourth-order valence-electron chi connectivity index (χ4n) is 1.97. The van der Waals surface area contributed by atoms with Crippen LogP contribution in [0, 0.1) is 0 Å². The van der Waals surface area contributed by atoms with E-state index in [-0.39, 0.29) is 12.8 Å². The van der Waals surface area contributed by atoms with Crippen molar-refractivity contribution >= 4 is 18.2 Å². The lowest BCUT2D eigenvalue weighted by molar-refractivity contribution is -0.138. The smallest absolute Gasteiger partial charge is 0.303 e. The molecule has 0 fully saturated rings. The van der Waals surface area contributed by atoms with Crippen LogP contribution in [0.15, 0.2) is 18.2 Å². The van der Waals surface area contributed by atoms with Crippen LogP contribution in [0.25, 0.3) is 0 Å². The summed E-state index contributed by atoms with van der Waals surface area (Å²) in [5.74, 6) is -0.709. The standard InChI is InChI=1S/C17H22O7/c18-12-13-9-14(23-7-3-1-5-16(19)20)11-15(10-13)24-8-4-2-6-17(21)22/h9-12H,1-8H2,(H,19,20)(H,21,22). The Morgan fingerprint density at radius 2 is 1.29 bits per heavy atom. The molecule has 1 aromatic rings. The average molecular weight is 338 g/mol. The molecule has 0 aliphatic heterocycles. The highest BCUT2D eigenvalue weighted by molar-refractivity contribution is 5.76. The highest BCUT2D eigenvalue weighted by Crippen LogP contribution is 2.23. The first-order valence-electron chi connectivity index (χ1n) is 7.80. The Kier molecular flexibility index (Phi) is 8.96. The zero-order valence-electron chi connectivity index (χ0n) is 13.4. The molecular weight excluding hydrogens is 316 g/mol. The maximum Gasteiger partial charge on any atom is 0.303 e. The molecule has 0 radical (unpaired) electrons. The van der Waals surface area contributed by atoms with Crippen LogP contribution >= 0.6 is 0 Å². The van der Waals surface area contributed by atoms with Gasteiger partial charge in [-0.25, -0.2) is 0 Å². The normalized spacial score (nSPS) is 10.2. The molecule has 132 valence electrons. The summed E-state index contributed by atoms with van der Waals surface area (Å²) in [5.41, 5.74) is 0.415. The van der Waals surface area contributed by atoms with Crippen LogP contribution in [0.5, 0.6) is 11.5 Å². The van der Waals surface area contributed by atoms with Gasteiger partial charge in [0.15, 0.2) is 0 Å². The summed E-state index contributed by atoms with van der Waals surface area (Å²) in [6.45, 7) is 0.710. The Bertz CT molecular complexity index is 512. The molecule has 0 atom stereocenters. The molecule has 24 heavy (non-hydrogen) atoms. The third kappa shape index (κ3) is 8.77. The van der Waals surface area contributed by atoms with E-state index < -0.39 is 11.9 Å². The van der Waals surface area contributed by atoms with Crippen LogP contribution in [0.3, 0.4) is 0 Å². The average Bonchev–Trinajstić information content (AvgIpc) is 2.53. The summed E-state index contributed by atoms with van der Waals surface area (Å²) >= 11 is 0. The molecule has 0 saturated carbocycles. The number of aliphatic carboxylic acids is 2. The van der Waals surface area contributed by atoms with Gasteiger partial charge in [-0.2, -0.15) is 0 Å². The van der Waals surface area contributed by atoms with Crippen LogP contribution in [0.2, 0.25) is 0 Å². The van der Waals surface area contributed by atoms with Gasteiger partial charge in [0, 0.05) is 24.5 Å². The van der Waals surface area contributed by atoms with E-state index >= 15 is 0 Å². The summed E-state index contributed by atoms with van der Waals surface area (Å²) < 4.78 is 11.0. The van der Waals surface area contributed by atoms with E-state index in [1.165, 1.54) is 0 Å². The molecule has 1 rings (SSSR count). The number of carbonyl (C=O) groups excluding carboxylic acids is 1. The van der Waals surface area contributed by atoms with Crippen LogP contribution in [0.1, 0.15) is 48.9 Å². The molecule has 0 heterocycles. The first-order chi connectivity index (χ1) is 11.5. The molecule has 0 spiro atoms. The maximum absolute atomic E-state index is 11.0. The summed E-state index contributed by atoms with van der Waals surface area (Å²) in [4.78, 5) is 31.8. The first-order valence-corrected chi connectivity index (χ1v) is 7.80. The van der Waals surface area contributed by atoms with Gasteiger partial charge in [-0.15, -0.1) is 0 Å². The second kappa shape index (κ2) is 11.0. The molecular formula is C17H22O7. The van der Waals surface area contributed by atoms with Crippen molar-refractivity contribution in [2.24, 2.45) is 0 Å². The van der Waals surface area contributed by atoms with E-state index in [1.807, 2.05) is 0 Å². The zero-order valence-corrected chi connectivity index (χ0v) is 13.4. The fourth-order valence-corrected chi connectivity index (χ4v) is 1.97. The third-order valence-corrected chi connectivity index (χ3v) is 3.15. The van der Waals surface area contributed by atoms with E-state index in [0.29, 0.717) is 62.2 Å². The minimum Gasteiger partial charge on any atom is -0.493 e. The molecule has 0 aromatic heterocycles. The van der Waals surface area contributed by atoms with Gasteiger partial charge >= 0.3 is 11.9 Å². The second-order valence-electron chi connectivity index (χ2n) is 5.25. The van der Waals surface area contributed by atoms with Crippen LogP contribution < -0.4 is 9.47 Å². The molecule has 0 aliphatic rings. The van der Waals surface area contributed by atoms with Crippen molar-refractivity contribution in [2.75, 3.05) is 13.2 Å². The van der Waals surface area contributed by atoms with Crippen molar-refractivity contribution in [3.63, 3.8) is 0 Å². The summed E-state index contributed by atoms with van der Waals surface area (Å²) in [6.07, 6.45) is 3.14. The molecule has 2 N–H and O–H groups in total. The number of benzene rings is 1. The topological polar surface area (TPSA) is 110 Å². The molecule has 0 amide bonds. The van der Waals surface area contributed by atoms with Gasteiger partial charge in [-0.1, -0.05) is 0 Å². The van der Waals surface area contributed by atoms with E-state index in [9.17, 15) is 14.4 Å². The van der Waals surface area contributed by atoms with Crippen LogP contribution in [-0.4, -0.2) is 41.7 Å². The van der Waals surface area contributed by atoms with Gasteiger partial charge in [0.2, 0.25) is 0 Å². The fraction of sp³-hybridized carbons (Fsp3) is 0.471. The molecule has 0 bridgehead atoms. The van der Waals surface area contributed by atoms with Crippen LogP contribution in [-0.2, 0) is 9.59 Å². The number of unbranched alkanes of at least 4 members (excludes halogenated alkanes) is 2. The van der Waals surface area contributed by atoms with Crippen molar-refractivity contribution in [2.45, 2.75) is 38.5 Å². The van der Waals surface area contributed by atoms with E-state index in [1.54, 1.807) is 18.2 Å².